The molecule has 0 saturated carbocycles. The summed E-state index contributed by atoms with van der Waals surface area (Å²) >= 11 is 0. The minimum Gasteiger partial charge on any atom is -0.463 e. The number of nitrogens with zero attached hydrogens (tertiary/aromatic N) is 1. The van der Waals surface area contributed by atoms with Crippen LogP contribution in [0, 0.1) is 5.41 Å². The lowest BCUT2D eigenvalue weighted by atomic mass is 9.83. The predicted molar refractivity (Wildman–Crippen MR) is 78.9 cm³/mol. The van der Waals surface area contributed by atoms with Crippen LogP contribution in [0.4, 0.5) is 4.79 Å². The Balaban J connectivity index is 2.04. The minimum atomic E-state index is -0.682. The number of amides is 2. The molecule has 122 valence electrons. The molecule has 2 rings (SSSR count). The number of likely N-dealkylation sites (tertiary alicyclic amines) is 1. The van der Waals surface area contributed by atoms with E-state index in [1.807, 2.05) is 0 Å². The second-order valence-electron chi connectivity index (χ2n) is 6.80. The Labute approximate surface area is 130 Å². The summed E-state index contributed by atoms with van der Waals surface area (Å²) in [7, 11) is 0. The topological polar surface area (TPSA) is 72.9 Å². The fraction of sp³-hybridized carbons (Fsp3) is 0.688. The third kappa shape index (κ3) is 3.15. The molecule has 1 spiro atoms. The Morgan fingerprint density at radius 1 is 1.36 bits per heavy atom. The second kappa shape index (κ2) is 5.74. The molecular weight excluding hydrogens is 286 g/mol. The normalized spacial score (nSPS) is 24.6. The van der Waals surface area contributed by atoms with Gasteiger partial charge >= 0.3 is 12.1 Å². The summed E-state index contributed by atoms with van der Waals surface area (Å²) < 4.78 is 10.2. The molecule has 1 aliphatic heterocycles. The summed E-state index contributed by atoms with van der Waals surface area (Å²) in [6.07, 6.45) is 2.50. The Hall–Kier alpha value is -1.85. The van der Waals surface area contributed by atoms with E-state index in [1.165, 1.54) is 0 Å². The number of hydrogen-bond acceptors (Lipinski definition) is 5. The summed E-state index contributed by atoms with van der Waals surface area (Å²) in [5.41, 5.74) is -0.794. The zero-order valence-electron chi connectivity index (χ0n) is 13.6. The van der Waals surface area contributed by atoms with Crippen LogP contribution < -0.4 is 0 Å². The molecule has 1 heterocycles. The highest BCUT2D eigenvalue weighted by Gasteiger charge is 2.52. The average Bonchev–Trinajstić information content (AvgIpc) is 2.95. The van der Waals surface area contributed by atoms with Gasteiger partial charge < -0.3 is 9.47 Å². The molecule has 1 unspecified atom stereocenters. The van der Waals surface area contributed by atoms with Gasteiger partial charge in [-0.15, -0.1) is 0 Å². The standard InChI is InChI=1S/C16H23NO5/c1-5-21-12(18)11-6-7-16(10-11)8-9-17(13(16)19)14(20)22-15(2,3)4/h6H,5,7-10H2,1-4H3. The van der Waals surface area contributed by atoms with Gasteiger partial charge in [0.2, 0.25) is 5.91 Å². The van der Waals surface area contributed by atoms with Gasteiger partial charge in [-0.1, -0.05) is 6.08 Å². The molecule has 0 aromatic rings. The van der Waals surface area contributed by atoms with Crippen LogP contribution in [0.5, 0.6) is 0 Å². The number of allylic oxidation sites excluding steroid dienone is 1. The predicted octanol–water partition coefficient (Wildman–Crippen LogP) is 2.42. The summed E-state index contributed by atoms with van der Waals surface area (Å²) in [6.45, 7) is 7.67. The summed E-state index contributed by atoms with van der Waals surface area (Å²) in [5.74, 6) is -0.625. The van der Waals surface area contributed by atoms with Crippen LogP contribution >= 0.6 is 0 Å². The van der Waals surface area contributed by atoms with Gasteiger partial charge in [0, 0.05) is 12.1 Å². The molecule has 0 radical (unpaired) electrons. The van der Waals surface area contributed by atoms with Crippen LogP contribution in [0.3, 0.4) is 0 Å². The van der Waals surface area contributed by atoms with E-state index in [0.717, 1.165) is 4.90 Å². The Kier molecular flexibility index (Phi) is 4.31. The van der Waals surface area contributed by atoms with Crippen molar-refractivity contribution in [1.29, 1.82) is 0 Å². The van der Waals surface area contributed by atoms with Gasteiger partial charge in [0.1, 0.15) is 5.60 Å². The highest BCUT2D eigenvalue weighted by atomic mass is 16.6. The first kappa shape index (κ1) is 16.5. The fourth-order valence-electron chi connectivity index (χ4n) is 2.87. The molecule has 1 atom stereocenters. The lowest BCUT2D eigenvalue weighted by Gasteiger charge is -2.25. The Bertz CT molecular complexity index is 531. The maximum absolute atomic E-state index is 12.6. The van der Waals surface area contributed by atoms with Crippen molar-refractivity contribution in [2.24, 2.45) is 5.41 Å². The molecule has 2 aliphatic rings. The zero-order chi connectivity index (χ0) is 16.5. The highest BCUT2D eigenvalue weighted by molar-refractivity contribution is 6.00. The number of hydrogen-bond donors (Lipinski definition) is 0. The number of rotatable bonds is 2. The fourth-order valence-corrected chi connectivity index (χ4v) is 2.87. The third-order valence-electron chi connectivity index (χ3n) is 3.93. The molecule has 0 N–H and O–H groups in total. The van der Waals surface area contributed by atoms with Crippen molar-refractivity contribution < 1.29 is 23.9 Å². The minimum absolute atomic E-state index is 0.253. The maximum atomic E-state index is 12.6. The van der Waals surface area contributed by atoms with Crippen molar-refractivity contribution in [3.8, 4) is 0 Å². The van der Waals surface area contributed by atoms with Crippen LogP contribution in [0.25, 0.3) is 0 Å². The number of imide groups is 1. The van der Waals surface area contributed by atoms with Gasteiger partial charge in [0.15, 0.2) is 0 Å². The van der Waals surface area contributed by atoms with Crippen LogP contribution in [-0.2, 0) is 19.1 Å². The van der Waals surface area contributed by atoms with E-state index in [0.29, 0.717) is 38.0 Å². The van der Waals surface area contributed by atoms with Crippen molar-refractivity contribution >= 4 is 18.0 Å². The van der Waals surface area contributed by atoms with Crippen molar-refractivity contribution in [2.45, 2.75) is 52.6 Å². The first-order valence-electron chi connectivity index (χ1n) is 7.60. The van der Waals surface area contributed by atoms with E-state index in [-0.39, 0.29) is 11.9 Å². The lowest BCUT2D eigenvalue weighted by molar-refractivity contribution is -0.139. The molecule has 2 amide bonds. The van der Waals surface area contributed by atoms with Crippen molar-refractivity contribution in [2.75, 3.05) is 13.2 Å². The van der Waals surface area contributed by atoms with Gasteiger partial charge in [-0.3, -0.25) is 4.79 Å². The first-order valence-corrected chi connectivity index (χ1v) is 7.60. The van der Waals surface area contributed by atoms with Gasteiger partial charge in [0.05, 0.1) is 12.0 Å². The quantitative estimate of drug-likeness (QED) is 0.732. The largest absolute Gasteiger partial charge is 0.463 e. The van der Waals surface area contributed by atoms with Gasteiger partial charge in [-0.25, -0.2) is 14.5 Å². The Morgan fingerprint density at radius 2 is 2.05 bits per heavy atom. The molecule has 6 heteroatoms. The van der Waals surface area contributed by atoms with E-state index < -0.39 is 17.1 Å². The van der Waals surface area contributed by atoms with E-state index in [9.17, 15) is 14.4 Å². The van der Waals surface area contributed by atoms with E-state index in [1.54, 1.807) is 33.8 Å². The molecule has 0 aromatic carbocycles. The molecule has 0 bridgehead atoms. The highest BCUT2D eigenvalue weighted by Crippen LogP contribution is 2.46. The van der Waals surface area contributed by atoms with Crippen molar-refractivity contribution in [3.05, 3.63) is 11.6 Å². The molecule has 6 nitrogen and oxygen atoms in total. The van der Waals surface area contributed by atoms with Gasteiger partial charge in [0.25, 0.3) is 0 Å². The third-order valence-corrected chi connectivity index (χ3v) is 3.93. The molecule has 22 heavy (non-hydrogen) atoms. The van der Waals surface area contributed by atoms with E-state index >= 15 is 0 Å². The first-order chi connectivity index (χ1) is 10.2. The lowest BCUT2D eigenvalue weighted by Crippen LogP contribution is -2.41. The number of esters is 1. The van der Waals surface area contributed by atoms with Gasteiger partial charge in [-0.05, 0) is 47.0 Å². The Morgan fingerprint density at radius 3 is 2.64 bits per heavy atom. The molecule has 1 aliphatic carbocycles. The monoisotopic (exact) mass is 309 g/mol. The number of ether oxygens (including phenoxy) is 2. The van der Waals surface area contributed by atoms with E-state index in [2.05, 4.69) is 0 Å². The summed E-state index contributed by atoms with van der Waals surface area (Å²) in [5, 5.41) is 0. The van der Waals surface area contributed by atoms with Crippen LogP contribution in [0.2, 0.25) is 0 Å². The molecular formula is C16H23NO5. The van der Waals surface area contributed by atoms with E-state index in [4.69, 9.17) is 9.47 Å². The number of carbonyl (C=O) groups is 3. The summed E-state index contributed by atoms with van der Waals surface area (Å²) in [4.78, 5) is 37.7. The summed E-state index contributed by atoms with van der Waals surface area (Å²) in [6, 6.07) is 0. The SMILES string of the molecule is CCOC(=O)C1=CCC2(CCN(C(=O)OC(C)(C)C)C2=O)C1. The zero-order valence-corrected chi connectivity index (χ0v) is 13.6. The van der Waals surface area contributed by atoms with Crippen molar-refractivity contribution in [3.63, 3.8) is 0 Å². The maximum Gasteiger partial charge on any atom is 0.417 e. The molecule has 0 aromatic heterocycles. The van der Waals surface area contributed by atoms with Crippen LogP contribution in [0.15, 0.2) is 11.6 Å². The van der Waals surface area contributed by atoms with Crippen LogP contribution in [0.1, 0.15) is 47.0 Å². The second-order valence-corrected chi connectivity index (χ2v) is 6.80. The number of carbonyl (C=O) groups excluding carboxylic acids is 3. The smallest absolute Gasteiger partial charge is 0.417 e. The molecule has 1 saturated heterocycles. The van der Waals surface area contributed by atoms with Crippen LogP contribution in [-0.4, -0.2) is 41.6 Å². The average molecular weight is 309 g/mol. The van der Waals surface area contributed by atoms with Gasteiger partial charge in [-0.2, -0.15) is 0 Å². The van der Waals surface area contributed by atoms with Crippen molar-refractivity contribution in [1.82, 2.24) is 4.90 Å². The molecule has 1 fully saturated rings.